The summed E-state index contributed by atoms with van der Waals surface area (Å²) in [5, 5.41) is 10.8. The van der Waals surface area contributed by atoms with E-state index in [1.807, 2.05) is 78.9 Å². The van der Waals surface area contributed by atoms with Crippen molar-refractivity contribution in [1.29, 1.82) is 0 Å². The van der Waals surface area contributed by atoms with Gasteiger partial charge in [-0.05, 0) is 41.0 Å². The van der Waals surface area contributed by atoms with E-state index < -0.39 is 30.0 Å². The molecule has 182 valence electrons. The molecule has 2 unspecified atom stereocenters. The van der Waals surface area contributed by atoms with E-state index in [0.29, 0.717) is 0 Å². The van der Waals surface area contributed by atoms with Crippen LogP contribution in [0, 0.1) is 12.3 Å². The topological polar surface area (TPSA) is 66.4 Å². The number of aliphatic hydroxyl groups is 1. The number of aliphatic hydroxyl groups excluding tert-OH is 1. The van der Waals surface area contributed by atoms with E-state index in [1.165, 1.54) is 7.11 Å². The normalized spacial score (nSPS) is 21.9. The smallest absolute Gasteiger partial charge is 0.147 e. The highest BCUT2D eigenvalue weighted by Gasteiger charge is 2.46. The van der Waals surface area contributed by atoms with E-state index in [2.05, 4.69) is 5.92 Å². The molecule has 0 amide bonds. The second-order valence-electron chi connectivity index (χ2n) is 8.27. The largest absolute Gasteiger partial charge is 0.497 e. The highest BCUT2D eigenvalue weighted by Crippen LogP contribution is 2.42. The average Bonchev–Trinajstić information content (AvgIpc) is 3.24. The predicted molar refractivity (Wildman–Crippen MR) is 133 cm³/mol. The van der Waals surface area contributed by atoms with E-state index in [4.69, 9.17) is 30.1 Å². The van der Waals surface area contributed by atoms with Crippen LogP contribution in [-0.4, -0.2) is 57.5 Å². The van der Waals surface area contributed by atoms with Gasteiger partial charge in [0.1, 0.15) is 41.5 Å². The molecular weight excluding hydrogens is 444 g/mol. The van der Waals surface area contributed by atoms with Gasteiger partial charge in [-0.3, -0.25) is 0 Å². The van der Waals surface area contributed by atoms with E-state index in [-0.39, 0.29) is 6.61 Å². The molecule has 0 spiro atoms. The predicted octanol–water partition coefficient (Wildman–Crippen LogP) is 3.79. The summed E-state index contributed by atoms with van der Waals surface area (Å²) in [4.78, 5) is 0. The fraction of sp³-hybridized carbons (Fsp3) is 0.310. The lowest BCUT2D eigenvalue weighted by atomic mass is 9.80. The Balaban J connectivity index is 1.81. The van der Waals surface area contributed by atoms with Gasteiger partial charge < -0.3 is 28.8 Å². The van der Waals surface area contributed by atoms with Crippen molar-refractivity contribution in [2.45, 2.75) is 30.0 Å². The first kappa shape index (κ1) is 24.8. The van der Waals surface area contributed by atoms with Gasteiger partial charge >= 0.3 is 0 Å². The zero-order chi connectivity index (χ0) is 24.8. The summed E-state index contributed by atoms with van der Waals surface area (Å²) in [6.07, 6.45) is 2.73. The summed E-state index contributed by atoms with van der Waals surface area (Å²) in [7, 11) is 4.77. The van der Waals surface area contributed by atoms with Crippen molar-refractivity contribution in [2.75, 3.05) is 27.9 Å². The third kappa shape index (κ3) is 4.77. The number of ether oxygens (including phenoxy) is 5. The fourth-order valence-electron chi connectivity index (χ4n) is 4.55. The number of benzene rings is 3. The zero-order valence-electron chi connectivity index (χ0n) is 20.1. The number of rotatable bonds is 9. The van der Waals surface area contributed by atoms with Crippen LogP contribution in [0.15, 0.2) is 78.9 Å². The number of terminal acetylenes is 1. The van der Waals surface area contributed by atoms with Crippen molar-refractivity contribution in [1.82, 2.24) is 0 Å². The van der Waals surface area contributed by atoms with Crippen LogP contribution in [0.3, 0.4) is 0 Å². The Labute approximate surface area is 206 Å². The van der Waals surface area contributed by atoms with Crippen molar-refractivity contribution >= 4 is 0 Å². The van der Waals surface area contributed by atoms with Gasteiger partial charge in [0, 0.05) is 7.11 Å². The number of hydrogen-bond donors (Lipinski definition) is 1. The van der Waals surface area contributed by atoms with Crippen LogP contribution >= 0.6 is 0 Å². The maximum atomic E-state index is 10.8. The fourth-order valence-corrected chi connectivity index (χ4v) is 4.55. The third-order valence-electron chi connectivity index (χ3n) is 6.41. The molecule has 4 rings (SSSR count). The van der Waals surface area contributed by atoms with Gasteiger partial charge in [0.05, 0.1) is 20.8 Å². The Morgan fingerprint density at radius 2 is 1.34 bits per heavy atom. The monoisotopic (exact) mass is 474 g/mol. The molecule has 6 heteroatoms. The van der Waals surface area contributed by atoms with E-state index in [0.717, 1.165) is 28.2 Å². The van der Waals surface area contributed by atoms with Crippen molar-refractivity contribution in [3.8, 4) is 23.8 Å². The SMILES string of the molecule is C#C[C@H]1O[C@H](COC(c2ccccc2)(c2ccc(OC)cc2)c2ccc(OC)cc2)C(O)C1OC. The summed E-state index contributed by atoms with van der Waals surface area (Å²) < 4.78 is 28.9. The maximum Gasteiger partial charge on any atom is 0.147 e. The molecule has 0 bridgehead atoms. The van der Waals surface area contributed by atoms with Crippen LogP contribution in [0.1, 0.15) is 16.7 Å². The highest BCUT2D eigenvalue weighted by molar-refractivity contribution is 5.49. The standard InChI is InChI=1S/C29H30O6/c1-5-25-28(33-4)27(30)26(35-25)19-34-29(20-9-7-6-8-10-20,21-11-15-23(31-2)16-12-21)22-13-17-24(32-3)18-14-22/h1,6-18,25-28,30H,19H2,2-4H3/t25-,26-,27?,28?/m1/s1. The summed E-state index contributed by atoms with van der Waals surface area (Å²) in [5.41, 5.74) is 1.68. The molecule has 3 aromatic carbocycles. The maximum absolute atomic E-state index is 10.8. The molecular formula is C29H30O6. The van der Waals surface area contributed by atoms with Gasteiger partial charge in [-0.15, -0.1) is 6.42 Å². The molecule has 35 heavy (non-hydrogen) atoms. The van der Waals surface area contributed by atoms with Gasteiger partial charge in [0.2, 0.25) is 0 Å². The van der Waals surface area contributed by atoms with Gasteiger partial charge in [-0.2, -0.15) is 0 Å². The molecule has 1 heterocycles. The molecule has 1 saturated heterocycles. The Morgan fingerprint density at radius 3 is 1.77 bits per heavy atom. The molecule has 0 aromatic heterocycles. The van der Waals surface area contributed by atoms with Crippen molar-refractivity contribution < 1.29 is 28.8 Å². The second kappa shape index (κ2) is 10.9. The molecule has 0 saturated carbocycles. The molecule has 4 atom stereocenters. The molecule has 0 aliphatic carbocycles. The average molecular weight is 475 g/mol. The minimum Gasteiger partial charge on any atom is -0.497 e. The van der Waals surface area contributed by atoms with Crippen molar-refractivity contribution in [3.05, 3.63) is 95.6 Å². The zero-order valence-corrected chi connectivity index (χ0v) is 20.1. The summed E-state index contributed by atoms with van der Waals surface area (Å²) in [6.45, 7) is 0.0756. The highest BCUT2D eigenvalue weighted by atomic mass is 16.6. The minimum atomic E-state index is -1.01. The Bertz CT molecular complexity index is 1070. The number of hydrogen-bond acceptors (Lipinski definition) is 6. The van der Waals surface area contributed by atoms with Crippen LogP contribution < -0.4 is 9.47 Å². The van der Waals surface area contributed by atoms with Crippen molar-refractivity contribution in [3.63, 3.8) is 0 Å². The van der Waals surface area contributed by atoms with Crippen LogP contribution in [0.5, 0.6) is 11.5 Å². The van der Waals surface area contributed by atoms with Crippen LogP contribution in [-0.2, 0) is 19.8 Å². The van der Waals surface area contributed by atoms with Crippen LogP contribution in [0.4, 0.5) is 0 Å². The Morgan fingerprint density at radius 1 is 0.829 bits per heavy atom. The summed E-state index contributed by atoms with van der Waals surface area (Å²) in [5.74, 6) is 4.02. The lowest BCUT2D eigenvalue weighted by Gasteiger charge is -2.37. The van der Waals surface area contributed by atoms with Gasteiger partial charge in [-0.1, -0.05) is 60.5 Å². The lowest BCUT2D eigenvalue weighted by Crippen LogP contribution is -2.40. The van der Waals surface area contributed by atoms with Crippen molar-refractivity contribution in [2.24, 2.45) is 0 Å². The van der Waals surface area contributed by atoms with E-state index in [1.54, 1.807) is 14.2 Å². The second-order valence-corrected chi connectivity index (χ2v) is 8.27. The minimum absolute atomic E-state index is 0.0756. The molecule has 3 aromatic rings. The van der Waals surface area contributed by atoms with E-state index in [9.17, 15) is 5.11 Å². The molecule has 1 N–H and O–H groups in total. The number of methoxy groups -OCH3 is 3. The molecule has 1 aliphatic rings. The molecule has 0 radical (unpaired) electrons. The third-order valence-corrected chi connectivity index (χ3v) is 6.41. The molecule has 1 aliphatic heterocycles. The summed E-state index contributed by atoms with van der Waals surface area (Å²) in [6, 6.07) is 25.4. The molecule has 6 nitrogen and oxygen atoms in total. The van der Waals surface area contributed by atoms with Gasteiger partial charge in [-0.25, -0.2) is 0 Å². The van der Waals surface area contributed by atoms with Crippen LogP contribution in [0.2, 0.25) is 0 Å². The van der Waals surface area contributed by atoms with E-state index >= 15 is 0 Å². The summed E-state index contributed by atoms with van der Waals surface area (Å²) >= 11 is 0. The molecule has 1 fully saturated rings. The Hall–Kier alpha value is -3.34. The lowest BCUT2D eigenvalue weighted by molar-refractivity contribution is -0.0773. The first-order valence-corrected chi connectivity index (χ1v) is 11.4. The van der Waals surface area contributed by atoms with Crippen LogP contribution in [0.25, 0.3) is 0 Å². The first-order chi connectivity index (χ1) is 17.1. The van der Waals surface area contributed by atoms with Gasteiger partial charge in [0.15, 0.2) is 0 Å². The van der Waals surface area contributed by atoms with Gasteiger partial charge in [0.25, 0.3) is 0 Å². The quantitative estimate of drug-likeness (QED) is 0.376. The first-order valence-electron chi connectivity index (χ1n) is 11.4. The Kier molecular flexibility index (Phi) is 7.74.